The topological polar surface area (TPSA) is 64.7 Å². The maximum absolute atomic E-state index is 12.6. The molecule has 1 N–H and O–H groups in total. The lowest BCUT2D eigenvalue weighted by molar-refractivity contribution is 0.388. The van der Waals surface area contributed by atoms with Gasteiger partial charge in [-0.05, 0) is 45.2 Å². The summed E-state index contributed by atoms with van der Waals surface area (Å²) in [6, 6.07) is 10.1. The zero-order chi connectivity index (χ0) is 18.2. The summed E-state index contributed by atoms with van der Waals surface area (Å²) in [6.07, 6.45) is 1.95. The van der Waals surface area contributed by atoms with Crippen molar-refractivity contribution >= 4 is 10.9 Å². The Morgan fingerprint density at radius 2 is 1.96 bits per heavy atom. The van der Waals surface area contributed by atoms with Gasteiger partial charge in [0.2, 0.25) is 0 Å². The van der Waals surface area contributed by atoms with Gasteiger partial charge >= 0.3 is 0 Å². The number of benzene rings is 1. The van der Waals surface area contributed by atoms with Crippen LogP contribution in [0.25, 0.3) is 10.9 Å². The first-order valence-electron chi connectivity index (χ1n) is 8.54. The molecule has 0 fully saturated rings. The van der Waals surface area contributed by atoms with Gasteiger partial charge in [-0.1, -0.05) is 23.4 Å². The van der Waals surface area contributed by atoms with Gasteiger partial charge < -0.3 is 9.88 Å². The molecule has 0 aliphatic rings. The lowest BCUT2D eigenvalue weighted by atomic mass is 10.0. The average Bonchev–Trinajstić information content (AvgIpc) is 3.08. The van der Waals surface area contributed by atoms with Gasteiger partial charge in [-0.15, -0.1) is 5.10 Å². The maximum atomic E-state index is 12.6. The Bertz CT molecular complexity index is 952. The summed E-state index contributed by atoms with van der Waals surface area (Å²) < 4.78 is 3.54. The smallest absolute Gasteiger partial charge is 0.255 e. The molecule has 3 aromatic rings. The van der Waals surface area contributed by atoms with Gasteiger partial charge in [0.1, 0.15) is 5.69 Å². The normalized spacial score (nSPS) is 12.2. The summed E-state index contributed by atoms with van der Waals surface area (Å²) in [4.78, 5) is 12.6. The summed E-state index contributed by atoms with van der Waals surface area (Å²) in [5.74, 6) is 0. The molecule has 1 aromatic carbocycles. The monoisotopic (exact) mass is 339 g/mol. The molecule has 6 nitrogen and oxygen atoms in total. The highest BCUT2D eigenvalue weighted by Crippen LogP contribution is 2.19. The van der Waals surface area contributed by atoms with Crippen molar-refractivity contribution in [3.05, 3.63) is 58.1 Å². The zero-order valence-corrected chi connectivity index (χ0v) is 15.4. The summed E-state index contributed by atoms with van der Waals surface area (Å²) in [6.45, 7) is 8.70. The van der Waals surface area contributed by atoms with Crippen LogP contribution in [0.15, 0.2) is 41.3 Å². The molecule has 0 amide bonds. The van der Waals surface area contributed by atoms with Crippen LogP contribution in [0.5, 0.6) is 0 Å². The number of pyridine rings is 1. The molecule has 132 valence electrons. The fraction of sp³-hybridized carbons (Fsp3) is 0.421. The van der Waals surface area contributed by atoms with E-state index in [4.69, 9.17) is 0 Å². The third-order valence-corrected chi connectivity index (χ3v) is 4.61. The zero-order valence-electron chi connectivity index (χ0n) is 15.4. The van der Waals surface area contributed by atoms with Crippen molar-refractivity contribution in [3.8, 4) is 0 Å². The summed E-state index contributed by atoms with van der Waals surface area (Å²) in [7, 11) is 1.81. The molecular weight excluding hydrogens is 314 g/mol. The van der Waals surface area contributed by atoms with E-state index in [9.17, 15) is 4.79 Å². The molecule has 0 saturated heterocycles. The molecule has 0 bridgehead atoms. The fourth-order valence-corrected chi connectivity index (χ4v) is 2.84. The van der Waals surface area contributed by atoms with Crippen molar-refractivity contribution < 1.29 is 0 Å². The van der Waals surface area contributed by atoms with Crippen LogP contribution in [0.4, 0.5) is 0 Å². The highest BCUT2D eigenvalue weighted by Gasteiger charge is 2.24. The van der Waals surface area contributed by atoms with Crippen molar-refractivity contribution in [3.63, 3.8) is 0 Å². The maximum Gasteiger partial charge on any atom is 0.255 e. The predicted molar refractivity (Wildman–Crippen MR) is 99.5 cm³/mol. The van der Waals surface area contributed by atoms with Crippen molar-refractivity contribution in [2.45, 2.75) is 45.8 Å². The highest BCUT2D eigenvalue weighted by molar-refractivity contribution is 5.79. The first-order valence-corrected chi connectivity index (χ1v) is 8.54. The number of hydrogen-bond acceptors (Lipinski definition) is 4. The summed E-state index contributed by atoms with van der Waals surface area (Å²) in [5, 5.41) is 13.0. The Labute approximate surface area is 147 Å². The third kappa shape index (κ3) is 3.35. The standard InChI is InChI=1S/C19H25N5O/c1-13(2)24-12-17(21-22-24)19(3,4)20-11-15-10-14-8-6-7-9-16(14)23(5)18(15)25/h6-10,12-13,20H,11H2,1-5H3. The largest absolute Gasteiger partial charge is 0.311 e. The van der Waals surface area contributed by atoms with Gasteiger partial charge in [0.15, 0.2) is 0 Å². The number of para-hydroxylation sites is 1. The molecule has 0 radical (unpaired) electrons. The van der Waals surface area contributed by atoms with Crippen LogP contribution < -0.4 is 10.9 Å². The molecule has 0 saturated carbocycles. The molecule has 25 heavy (non-hydrogen) atoms. The molecule has 2 aromatic heterocycles. The minimum Gasteiger partial charge on any atom is -0.311 e. The Morgan fingerprint density at radius 1 is 1.24 bits per heavy atom. The van der Waals surface area contributed by atoms with E-state index in [0.717, 1.165) is 22.2 Å². The SMILES string of the molecule is CC(C)n1cc(C(C)(C)NCc2cc3ccccc3n(C)c2=O)nn1. The minimum absolute atomic E-state index is 0.0211. The van der Waals surface area contributed by atoms with E-state index in [2.05, 4.69) is 29.5 Å². The molecule has 3 rings (SSSR count). The molecule has 0 aliphatic heterocycles. The summed E-state index contributed by atoms with van der Waals surface area (Å²) in [5.41, 5.74) is 2.18. The number of fused-ring (bicyclic) bond motifs is 1. The van der Waals surface area contributed by atoms with E-state index in [-0.39, 0.29) is 17.1 Å². The van der Waals surface area contributed by atoms with Crippen LogP contribution in [-0.2, 0) is 19.1 Å². The molecule has 0 aliphatic carbocycles. The van der Waals surface area contributed by atoms with Crippen LogP contribution in [0.1, 0.15) is 45.0 Å². The second-order valence-corrected chi connectivity index (χ2v) is 7.25. The molecule has 0 unspecified atom stereocenters. The van der Waals surface area contributed by atoms with Crippen LogP contribution in [0.3, 0.4) is 0 Å². The average molecular weight is 339 g/mol. The van der Waals surface area contributed by atoms with Crippen LogP contribution in [0.2, 0.25) is 0 Å². The van der Waals surface area contributed by atoms with E-state index < -0.39 is 0 Å². The van der Waals surface area contributed by atoms with Crippen molar-refractivity contribution in [1.82, 2.24) is 24.9 Å². The molecule has 0 spiro atoms. The van der Waals surface area contributed by atoms with Gasteiger partial charge in [0.25, 0.3) is 5.56 Å². The lowest BCUT2D eigenvalue weighted by Crippen LogP contribution is -2.38. The quantitative estimate of drug-likeness (QED) is 0.776. The Morgan fingerprint density at radius 3 is 2.64 bits per heavy atom. The minimum atomic E-state index is -0.385. The number of nitrogens with one attached hydrogen (secondary N) is 1. The molecular formula is C19H25N5O. The van der Waals surface area contributed by atoms with E-state index in [0.29, 0.717) is 6.54 Å². The first kappa shape index (κ1) is 17.4. The number of hydrogen-bond donors (Lipinski definition) is 1. The highest BCUT2D eigenvalue weighted by atomic mass is 16.1. The van der Waals surface area contributed by atoms with E-state index in [1.54, 1.807) is 4.57 Å². The van der Waals surface area contributed by atoms with E-state index >= 15 is 0 Å². The Hall–Kier alpha value is -2.47. The van der Waals surface area contributed by atoms with Gasteiger partial charge in [0.05, 0.1) is 17.3 Å². The number of nitrogens with zero attached hydrogens (tertiary/aromatic N) is 4. The van der Waals surface area contributed by atoms with Crippen LogP contribution >= 0.6 is 0 Å². The Kier molecular flexibility index (Phi) is 4.47. The number of rotatable bonds is 5. The molecule has 2 heterocycles. The third-order valence-electron chi connectivity index (χ3n) is 4.61. The van der Waals surface area contributed by atoms with Gasteiger partial charge in [-0.2, -0.15) is 0 Å². The van der Waals surface area contributed by atoms with Crippen molar-refractivity contribution in [2.75, 3.05) is 0 Å². The van der Waals surface area contributed by atoms with E-state index in [1.807, 2.05) is 62.1 Å². The second kappa shape index (κ2) is 6.44. The Balaban J connectivity index is 1.86. The van der Waals surface area contributed by atoms with E-state index in [1.165, 1.54) is 0 Å². The molecule has 6 heteroatoms. The second-order valence-electron chi connectivity index (χ2n) is 7.25. The predicted octanol–water partition coefficient (Wildman–Crippen LogP) is 2.74. The van der Waals surface area contributed by atoms with Crippen molar-refractivity contribution in [2.24, 2.45) is 7.05 Å². The molecule has 0 atom stereocenters. The van der Waals surface area contributed by atoms with Gasteiger partial charge in [0, 0.05) is 25.2 Å². The fourth-order valence-electron chi connectivity index (χ4n) is 2.84. The van der Waals surface area contributed by atoms with Crippen molar-refractivity contribution in [1.29, 1.82) is 0 Å². The number of aromatic nitrogens is 4. The number of aryl methyl sites for hydroxylation is 1. The lowest BCUT2D eigenvalue weighted by Gasteiger charge is -2.24. The van der Waals surface area contributed by atoms with Crippen LogP contribution in [-0.4, -0.2) is 19.6 Å². The van der Waals surface area contributed by atoms with Crippen LogP contribution in [0, 0.1) is 0 Å². The van der Waals surface area contributed by atoms with Gasteiger partial charge in [-0.25, -0.2) is 4.68 Å². The van der Waals surface area contributed by atoms with Gasteiger partial charge in [-0.3, -0.25) is 4.79 Å². The summed E-state index contributed by atoms with van der Waals surface area (Å²) >= 11 is 0. The first-order chi connectivity index (χ1) is 11.8.